The fourth-order valence-corrected chi connectivity index (χ4v) is 1.66. The van der Waals surface area contributed by atoms with Crippen LogP contribution in [0.3, 0.4) is 0 Å². The number of anilines is 1. The van der Waals surface area contributed by atoms with E-state index in [1.54, 1.807) is 37.1 Å². The van der Waals surface area contributed by atoms with Crippen molar-refractivity contribution >= 4 is 17.8 Å². The highest BCUT2D eigenvalue weighted by atomic mass is 16.3. The average molecular weight is 257 g/mol. The number of carboxylic acid groups (broad SMARTS) is 1. The van der Waals surface area contributed by atoms with Gasteiger partial charge in [0.25, 0.3) is 6.47 Å². The summed E-state index contributed by atoms with van der Waals surface area (Å²) in [6, 6.07) is 1.77. The summed E-state index contributed by atoms with van der Waals surface area (Å²) in [4.78, 5) is 20.7. The second kappa shape index (κ2) is 5.58. The van der Waals surface area contributed by atoms with E-state index in [9.17, 15) is 0 Å². The monoisotopic (exact) mass is 257 g/mol. The second-order valence-electron chi connectivity index (χ2n) is 3.52. The van der Waals surface area contributed by atoms with Crippen molar-refractivity contribution in [2.24, 2.45) is 0 Å². The minimum atomic E-state index is -0.250. The molecule has 0 aliphatic rings. The van der Waals surface area contributed by atoms with Crippen molar-refractivity contribution in [1.29, 1.82) is 0 Å². The fourth-order valence-electron chi connectivity index (χ4n) is 1.66. The molecule has 7 nitrogen and oxygen atoms in total. The summed E-state index contributed by atoms with van der Waals surface area (Å²) in [5, 5.41) is 6.89. The van der Waals surface area contributed by atoms with E-state index in [2.05, 4.69) is 15.0 Å². The molecule has 0 bridgehead atoms. The first-order valence-corrected chi connectivity index (χ1v) is 5.32. The van der Waals surface area contributed by atoms with Gasteiger partial charge in [-0.2, -0.15) is 0 Å². The highest BCUT2D eigenvalue weighted by Crippen LogP contribution is 2.24. The maximum Gasteiger partial charge on any atom is 0.290 e. The maximum absolute atomic E-state index is 8.36. The van der Waals surface area contributed by atoms with Crippen molar-refractivity contribution in [3.8, 4) is 11.3 Å². The third-order valence-corrected chi connectivity index (χ3v) is 2.45. The Balaban J connectivity index is 0.000000408. The molecule has 19 heavy (non-hydrogen) atoms. The predicted octanol–water partition coefficient (Wildman–Crippen LogP) is 1.07. The van der Waals surface area contributed by atoms with Crippen LogP contribution in [0.15, 0.2) is 43.2 Å². The summed E-state index contributed by atoms with van der Waals surface area (Å²) in [6.45, 7) is -0.250. The van der Waals surface area contributed by atoms with Crippen molar-refractivity contribution in [3.63, 3.8) is 0 Å². The van der Waals surface area contributed by atoms with Crippen LogP contribution in [-0.4, -0.2) is 30.9 Å². The average Bonchev–Trinajstić information content (AvgIpc) is 2.84. The van der Waals surface area contributed by atoms with Gasteiger partial charge in [0, 0.05) is 36.0 Å². The van der Waals surface area contributed by atoms with E-state index < -0.39 is 0 Å². The largest absolute Gasteiger partial charge is 0.483 e. The third-order valence-electron chi connectivity index (χ3n) is 2.45. The van der Waals surface area contributed by atoms with Crippen molar-refractivity contribution < 1.29 is 9.90 Å². The normalized spacial score (nSPS) is 9.68. The van der Waals surface area contributed by atoms with Crippen molar-refractivity contribution in [2.45, 2.75) is 0 Å². The van der Waals surface area contributed by atoms with Gasteiger partial charge in [0.1, 0.15) is 0 Å². The van der Waals surface area contributed by atoms with Crippen LogP contribution >= 0.6 is 0 Å². The van der Waals surface area contributed by atoms with Crippen LogP contribution in [0.5, 0.6) is 0 Å². The van der Waals surface area contributed by atoms with Crippen molar-refractivity contribution in [1.82, 2.24) is 19.4 Å². The molecular weight excluding hydrogens is 246 g/mol. The van der Waals surface area contributed by atoms with Gasteiger partial charge in [-0.05, 0) is 6.07 Å². The molecule has 0 aliphatic heterocycles. The highest BCUT2D eigenvalue weighted by molar-refractivity contribution is 5.74. The molecule has 7 heteroatoms. The number of nitrogen functional groups attached to an aromatic ring is 1. The summed E-state index contributed by atoms with van der Waals surface area (Å²) in [6.07, 6.45) is 10.4. The molecule has 0 unspecified atom stereocenters. The molecule has 0 saturated carbocycles. The molecule has 3 aromatic heterocycles. The quantitative estimate of drug-likeness (QED) is 0.631. The molecule has 96 valence electrons. The third kappa shape index (κ3) is 2.49. The number of nitrogens with zero attached hydrogens (tertiary/aromatic N) is 4. The Hall–Kier alpha value is -2.96. The summed E-state index contributed by atoms with van der Waals surface area (Å²) < 4.78 is 1.93. The number of nitrogens with two attached hydrogens (primary N) is 1. The van der Waals surface area contributed by atoms with Crippen LogP contribution in [0.4, 0.5) is 5.69 Å². The van der Waals surface area contributed by atoms with Crippen LogP contribution < -0.4 is 5.73 Å². The zero-order valence-electron chi connectivity index (χ0n) is 9.84. The highest BCUT2D eigenvalue weighted by Gasteiger charge is 2.08. The first-order valence-electron chi connectivity index (χ1n) is 5.32. The van der Waals surface area contributed by atoms with Gasteiger partial charge in [-0.25, -0.2) is 4.98 Å². The van der Waals surface area contributed by atoms with Crippen LogP contribution in [0.25, 0.3) is 16.9 Å². The molecule has 0 aliphatic carbocycles. The number of rotatable bonds is 1. The van der Waals surface area contributed by atoms with Gasteiger partial charge in [0.15, 0.2) is 5.65 Å². The Labute approximate surface area is 108 Å². The predicted molar refractivity (Wildman–Crippen MR) is 69.3 cm³/mol. The number of aromatic nitrogens is 4. The molecule has 0 atom stereocenters. The Bertz CT molecular complexity index is 695. The van der Waals surface area contributed by atoms with Crippen molar-refractivity contribution in [3.05, 3.63) is 43.2 Å². The zero-order chi connectivity index (χ0) is 13.7. The zero-order valence-corrected chi connectivity index (χ0v) is 9.84. The molecule has 0 radical (unpaired) electrons. The van der Waals surface area contributed by atoms with E-state index in [-0.39, 0.29) is 6.47 Å². The number of fused-ring (bicyclic) bond motifs is 1. The van der Waals surface area contributed by atoms with Crippen LogP contribution in [0, 0.1) is 0 Å². The van der Waals surface area contributed by atoms with Crippen LogP contribution in [-0.2, 0) is 4.79 Å². The lowest BCUT2D eigenvalue weighted by molar-refractivity contribution is -0.122. The Morgan fingerprint density at radius 3 is 2.68 bits per heavy atom. The number of hydrogen-bond acceptors (Lipinski definition) is 5. The number of pyridine rings is 1. The smallest absolute Gasteiger partial charge is 0.290 e. The molecule has 0 aromatic carbocycles. The first-order chi connectivity index (χ1) is 9.27. The molecule has 0 spiro atoms. The van der Waals surface area contributed by atoms with Gasteiger partial charge in [0.05, 0.1) is 18.1 Å². The van der Waals surface area contributed by atoms with Gasteiger partial charge >= 0.3 is 0 Å². The summed E-state index contributed by atoms with van der Waals surface area (Å²) in [7, 11) is 0. The molecular formula is C12H11N5O2. The minimum Gasteiger partial charge on any atom is -0.483 e. The van der Waals surface area contributed by atoms with Gasteiger partial charge in [-0.3, -0.25) is 19.2 Å². The Morgan fingerprint density at radius 2 is 1.95 bits per heavy atom. The topological polar surface area (TPSA) is 106 Å². The first kappa shape index (κ1) is 12.5. The van der Waals surface area contributed by atoms with E-state index in [0.29, 0.717) is 5.69 Å². The summed E-state index contributed by atoms with van der Waals surface area (Å²) >= 11 is 0. The van der Waals surface area contributed by atoms with E-state index >= 15 is 0 Å². The SMILES string of the molecule is Nc1ccncc1-c1cnc2cnccn12.O=CO. The second-order valence-corrected chi connectivity index (χ2v) is 3.52. The van der Waals surface area contributed by atoms with E-state index in [1.165, 1.54) is 0 Å². The standard InChI is InChI=1S/C11H9N5.CH2O2/c12-9-1-2-13-5-8(9)10-6-15-11-7-14-3-4-16(10)11;2-1-3/h1-7H,(H2,12,13);1H,(H,2,3). The fraction of sp³-hybridized carbons (Fsp3) is 0. The molecule has 3 heterocycles. The van der Waals surface area contributed by atoms with E-state index in [4.69, 9.17) is 15.6 Å². The van der Waals surface area contributed by atoms with Crippen LogP contribution in [0.2, 0.25) is 0 Å². The number of hydrogen-bond donors (Lipinski definition) is 2. The lowest BCUT2D eigenvalue weighted by Crippen LogP contribution is -1.94. The van der Waals surface area contributed by atoms with Gasteiger partial charge in [-0.1, -0.05) is 0 Å². The van der Waals surface area contributed by atoms with Gasteiger partial charge in [-0.15, -0.1) is 0 Å². The molecule has 3 rings (SSSR count). The summed E-state index contributed by atoms with van der Waals surface area (Å²) in [5.74, 6) is 0. The van der Waals surface area contributed by atoms with E-state index in [0.717, 1.165) is 16.9 Å². The molecule has 0 fully saturated rings. The molecule has 0 amide bonds. The Morgan fingerprint density at radius 1 is 1.21 bits per heavy atom. The maximum atomic E-state index is 8.36. The molecule has 0 saturated heterocycles. The van der Waals surface area contributed by atoms with Gasteiger partial charge in [0.2, 0.25) is 0 Å². The van der Waals surface area contributed by atoms with Crippen molar-refractivity contribution in [2.75, 3.05) is 5.73 Å². The number of carbonyl (C=O) groups is 1. The molecule has 3 N–H and O–H groups in total. The van der Waals surface area contributed by atoms with Crippen LogP contribution in [0.1, 0.15) is 0 Å². The minimum absolute atomic E-state index is 0.250. The lowest BCUT2D eigenvalue weighted by Gasteiger charge is -2.03. The molecule has 3 aromatic rings. The lowest BCUT2D eigenvalue weighted by atomic mass is 10.2. The van der Waals surface area contributed by atoms with E-state index in [1.807, 2.05) is 10.6 Å². The Kier molecular flexibility index (Phi) is 3.67. The van der Waals surface area contributed by atoms with Gasteiger partial charge < -0.3 is 10.8 Å². The number of imidazole rings is 1. The summed E-state index contributed by atoms with van der Waals surface area (Å²) in [5.41, 5.74) is 9.18.